The van der Waals surface area contributed by atoms with E-state index in [0.29, 0.717) is 5.56 Å². The summed E-state index contributed by atoms with van der Waals surface area (Å²) in [5.41, 5.74) is 1.12. The van der Waals surface area contributed by atoms with Crippen molar-refractivity contribution in [2.75, 3.05) is 5.43 Å². The average molecular weight is 452 g/mol. The van der Waals surface area contributed by atoms with Crippen LogP contribution in [0.2, 0.25) is 10.0 Å². The number of aromatic amines is 1. The maximum atomic E-state index is 13.0. The van der Waals surface area contributed by atoms with E-state index in [0.717, 1.165) is 12.3 Å². The molecule has 0 unspecified atom stereocenters. The van der Waals surface area contributed by atoms with E-state index in [4.69, 9.17) is 23.2 Å². The molecule has 0 spiro atoms. The summed E-state index contributed by atoms with van der Waals surface area (Å²) in [4.78, 5) is 18.7. The van der Waals surface area contributed by atoms with E-state index in [2.05, 4.69) is 20.5 Å². The Kier molecular flexibility index (Phi) is 6.10. The fourth-order valence-corrected chi connectivity index (χ4v) is 2.94. The predicted octanol–water partition coefficient (Wildman–Crippen LogP) is 5.08. The van der Waals surface area contributed by atoms with Crippen molar-refractivity contribution in [3.63, 3.8) is 0 Å². The molecule has 0 saturated carbocycles. The van der Waals surface area contributed by atoms with Crippen molar-refractivity contribution in [2.24, 2.45) is 5.10 Å². The molecule has 30 heavy (non-hydrogen) atoms. The van der Waals surface area contributed by atoms with E-state index in [1.54, 1.807) is 36.4 Å². The standard InChI is InChI=1S/C19H10Cl2F3N5O/c20-14-7-10(6-13(15(14)21)19(22,23)24)9-26-29-18-27-16(11-4-2-1-3-5-11)12(8-25)17(30)28-18/h1-7,9H,(H2,27,28,29,30). The first kappa shape index (κ1) is 21.4. The lowest BCUT2D eigenvalue weighted by atomic mass is 10.1. The number of anilines is 1. The van der Waals surface area contributed by atoms with Crippen LogP contribution in [0, 0.1) is 11.3 Å². The van der Waals surface area contributed by atoms with Gasteiger partial charge in [0.1, 0.15) is 11.6 Å². The van der Waals surface area contributed by atoms with Gasteiger partial charge in [0.05, 0.1) is 27.5 Å². The number of H-pyrrole nitrogens is 1. The van der Waals surface area contributed by atoms with Crippen LogP contribution >= 0.6 is 23.2 Å². The van der Waals surface area contributed by atoms with E-state index < -0.39 is 22.3 Å². The van der Waals surface area contributed by atoms with Crippen molar-refractivity contribution in [1.82, 2.24) is 9.97 Å². The van der Waals surface area contributed by atoms with E-state index in [1.165, 1.54) is 6.07 Å². The van der Waals surface area contributed by atoms with Crippen molar-refractivity contribution in [3.8, 4) is 17.3 Å². The smallest absolute Gasteiger partial charge is 0.290 e. The van der Waals surface area contributed by atoms with Gasteiger partial charge in [0.15, 0.2) is 0 Å². The highest BCUT2D eigenvalue weighted by molar-refractivity contribution is 6.42. The van der Waals surface area contributed by atoms with Crippen LogP contribution in [0.3, 0.4) is 0 Å². The Balaban J connectivity index is 1.93. The Morgan fingerprint density at radius 1 is 1.20 bits per heavy atom. The van der Waals surface area contributed by atoms with E-state index in [-0.39, 0.29) is 27.8 Å². The number of benzene rings is 2. The molecule has 6 nitrogen and oxygen atoms in total. The maximum Gasteiger partial charge on any atom is 0.417 e. The minimum absolute atomic E-state index is 0.0171. The van der Waals surface area contributed by atoms with E-state index >= 15 is 0 Å². The molecular weight excluding hydrogens is 442 g/mol. The molecular formula is C19H10Cl2F3N5O. The number of aromatic nitrogens is 2. The number of nitrogens with zero attached hydrogens (tertiary/aromatic N) is 3. The van der Waals surface area contributed by atoms with Crippen molar-refractivity contribution >= 4 is 35.4 Å². The minimum Gasteiger partial charge on any atom is -0.290 e. The molecule has 0 fully saturated rings. The number of hydrogen-bond acceptors (Lipinski definition) is 5. The van der Waals surface area contributed by atoms with Gasteiger partial charge in [-0.15, -0.1) is 0 Å². The molecule has 2 N–H and O–H groups in total. The first-order valence-electron chi connectivity index (χ1n) is 8.16. The number of nitriles is 1. The molecule has 0 bridgehead atoms. The van der Waals surface area contributed by atoms with Gasteiger partial charge in [0.2, 0.25) is 5.95 Å². The van der Waals surface area contributed by atoms with E-state index in [9.17, 15) is 23.2 Å². The zero-order chi connectivity index (χ0) is 21.9. The van der Waals surface area contributed by atoms with Crippen LogP contribution < -0.4 is 11.0 Å². The third-order valence-corrected chi connectivity index (χ3v) is 4.62. The molecule has 0 aliphatic rings. The van der Waals surface area contributed by atoms with Crippen LogP contribution in [-0.2, 0) is 6.18 Å². The van der Waals surface area contributed by atoms with Crippen molar-refractivity contribution < 1.29 is 13.2 Å². The Labute approximate surface area is 177 Å². The molecule has 1 heterocycles. The average Bonchev–Trinajstić information content (AvgIpc) is 2.70. The second-order valence-electron chi connectivity index (χ2n) is 5.85. The van der Waals surface area contributed by atoms with Gasteiger partial charge < -0.3 is 0 Å². The molecule has 0 saturated heterocycles. The van der Waals surface area contributed by atoms with Crippen LogP contribution in [0.4, 0.5) is 19.1 Å². The molecule has 0 amide bonds. The first-order valence-corrected chi connectivity index (χ1v) is 8.91. The summed E-state index contributed by atoms with van der Waals surface area (Å²) in [7, 11) is 0. The predicted molar refractivity (Wildman–Crippen MR) is 108 cm³/mol. The zero-order valence-corrected chi connectivity index (χ0v) is 16.3. The highest BCUT2D eigenvalue weighted by Gasteiger charge is 2.34. The highest BCUT2D eigenvalue weighted by Crippen LogP contribution is 2.38. The fourth-order valence-electron chi connectivity index (χ4n) is 2.49. The molecule has 1 aromatic heterocycles. The third kappa shape index (κ3) is 4.62. The zero-order valence-electron chi connectivity index (χ0n) is 14.8. The Morgan fingerprint density at radius 3 is 2.53 bits per heavy atom. The van der Waals surface area contributed by atoms with Crippen LogP contribution in [0.5, 0.6) is 0 Å². The SMILES string of the molecule is N#Cc1c(-c2ccccc2)nc(NN=Cc2cc(Cl)c(Cl)c(C(F)(F)F)c2)[nH]c1=O. The monoisotopic (exact) mass is 451 g/mol. The normalized spacial score (nSPS) is 11.5. The molecule has 0 atom stereocenters. The molecule has 3 rings (SSSR count). The molecule has 0 aliphatic carbocycles. The fraction of sp³-hybridized carbons (Fsp3) is 0.0526. The topological polar surface area (TPSA) is 93.9 Å². The summed E-state index contributed by atoms with van der Waals surface area (Å²) in [6.45, 7) is 0. The lowest BCUT2D eigenvalue weighted by Gasteiger charge is -2.11. The molecule has 11 heteroatoms. The van der Waals surface area contributed by atoms with E-state index in [1.807, 2.05) is 0 Å². The molecule has 0 aliphatic heterocycles. The summed E-state index contributed by atoms with van der Waals surface area (Å²) in [6, 6.07) is 12.3. The van der Waals surface area contributed by atoms with Crippen LogP contribution in [-0.4, -0.2) is 16.2 Å². The van der Waals surface area contributed by atoms with Crippen LogP contribution in [0.1, 0.15) is 16.7 Å². The van der Waals surface area contributed by atoms with Crippen LogP contribution in [0.15, 0.2) is 52.4 Å². The number of halogens is 5. The quantitative estimate of drug-likeness (QED) is 0.427. The van der Waals surface area contributed by atoms with Gasteiger partial charge in [-0.1, -0.05) is 53.5 Å². The van der Waals surface area contributed by atoms with Gasteiger partial charge in [-0.25, -0.2) is 10.4 Å². The highest BCUT2D eigenvalue weighted by atomic mass is 35.5. The van der Waals surface area contributed by atoms with Crippen molar-refractivity contribution in [3.05, 3.63) is 79.6 Å². The lowest BCUT2D eigenvalue weighted by molar-refractivity contribution is -0.137. The molecule has 2 aromatic carbocycles. The minimum atomic E-state index is -4.69. The van der Waals surface area contributed by atoms with Gasteiger partial charge in [0, 0.05) is 5.56 Å². The number of nitrogens with one attached hydrogen (secondary N) is 2. The van der Waals surface area contributed by atoms with Gasteiger partial charge in [-0.05, 0) is 17.7 Å². The first-order chi connectivity index (χ1) is 14.2. The van der Waals surface area contributed by atoms with Crippen molar-refractivity contribution in [2.45, 2.75) is 6.18 Å². The summed E-state index contributed by atoms with van der Waals surface area (Å²) in [5, 5.41) is 12.1. The van der Waals surface area contributed by atoms with Gasteiger partial charge >= 0.3 is 6.18 Å². The van der Waals surface area contributed by atoms with Gasteiger partial charge in [0.25, 0.3) is 5.56 Å². The summed E-state index contributed by atoms with van der Waals surface area (Å²) < 4.78 is 39.1. The third-order valence-electron chi connectivity index (χ3n) is 3.82. The second kappa shape index (κ2) is 8.57. The molecule has 0 radical (unpaired) electrons. The van der Waals surface area contributed by atoms with Crippen LogP contribution in [0.25, 0.3) is 11.3 Å². The molecule has 3 aromatic rings. The van der Waals surface area contributed by atoms with Gasteiger partial charge in [-0.3, -0.25) is 9.78 Å². The lowest BCUT2D eigenvalue weighted by Crippen LogP contribution is -2.16. The van der Waals surface area contributed by atoms with Crippen molar-refractivity contribution in [1.29, 1.82) is 5.26 Å². The Bertz CT molecular complexity index is 1220. The van der Waals surface area contributed by atoms with Gasteiger partial charge in [-0.2, -0.15) is 23.5 Å². The summed E-state index contributed by atoms with van der Waals surface area (Å²) in [6.07, 6.45) is -3.64. The number of hydrogen-bond donors (Lipinski definition) is 2. The summed E-state index contributed by atoms with van der Waals surface area (Å²) in [5.74, 6) is -0.106. The second-order valence-corrected chi connectivity index (χ2v) is 6.63. The maximum absolute atomic E-state index is 13.0. The largest absolute Gasteiger partial charge is 0.417 e. The molecule has 152 valence electrons. The Morgan fingerprint density at radius 2 is 1.90 bits per heavy atom. The summed E-state index contributed by atoms with van der Waals surface area (Å²) >= 11 is 11.4. The number of rotatable bonds is 4. The number of alkyl halides is 3. The number of hydrazone groups is 1. The Hall–Kier alpha value is -3.35.